The average Bonchev–Trinajstić information content (AvgIpc) is 2.39. The maximum Gasteiger partial charge on any atom is 0.147 e. The molecule has 1 aromatic carbocycles. The third kappa shape index (κ3) is 2.10. The van der Waals surface area contributed by atoms with Crippen LogP contribution < -0.4 is 0 Å². The van der Waals surface area contributed by atoms with E-state index in [-0.39, 0.29) is 0 Å². The Hall–Kier alpha value is -1.63. The number of benzene rings is 1. The Bertz CT molecular complexity index is 465. The molecule has 1 unspecified atom stereocenters. The van der Waals surface area contributed by atoms with Gasteiger partial charge in [-0.1, -0.05) is 61.1 Å². The van der Waals surface area contributed by atoms with E-state index >= 15 is 0 Å². The van der Waals surface area contributed by atoms with Crippen LogP contribution in [-0.4, -0.2) is 5.78 Å². The van der Waals surface area contributed by atoms with Gasteiger partial charge in [0.05, 0.1) is 5.41 Å². The molecule has 2 rings (SSSR count). The van der Waals surface area contributed by atoms with E-state index < -0.39 is 5.41 Å². The van der Waals surface area contributed by atoms with Crippen molar-refractivity contribution >= 4 is 5.78 Å². The number of ketones is 1. The Morgan fingerprint density at radius 3 is 2.47 bits per heavy atom. The summed E-state index contributed by atoms with van der Waals surface area (Å²) in [6.45, 7) is 4.00. The number of hydrogen-bond donors (Lipinski definition) is 0. The second kappa shape index (κ2) is 4.70. The zero-order valence-corrected chi connectivity index (χ0v) is 10.4. The summed E-state index contributed by atoms with van der Waals surface area (Å²) in [5.74, 6) is 0.293. The van der Waals surface area contributed by atoms with Crippen molar-refractivity contribution in [3.63, 3.8) is 0 Å². The van der Waals surface area contributed by atoms with Gasteiger partial charge in [0.25, 0.3) is 0 Å². The molecule has 1 atom stereocenters. The molecule has 0 saturated heterocycles. The Labute approximate surface area is 103 Å². The molecule has 0 aliphatic heterocycles. The van der Waals surface area contributed by atoms with Gasteiger partial charge in [-0.3, -0.25) is 4.79 Å². The lowest BCUT2D eigenvalue weighted by Crippen LogP contribution is -2.33. The lowest BCUT2D eigenvalue weighted by molar-refractivity contribution is -0.122. The first-order chi connectivity index (χ1) is 8.19. The molecule has 1 aliphatic rings. The van der Waals surface area contributed by atoms with Crippen LogP contribution in [0.5, 0.6) is 0 Å². The van der Waals surface area contributed by atoms with Gasteiger partial charge in [-0.15, -0.1) is 0 Å². The van der Waals surface area contributed by atoms with E-state index in [0.29, 0.717) is 12.2 Å². The van der Waals surface area contributed by atoms with Gasteiger partial charge in [0.2, 0.25) is 0 Å². The lowest BCUT2D eigenvalue weighted by Gasteiger charge is -2.30. The monoisotopic (exact) mass is 226 g/mol. The van der Waals surface area contributed by atoms with E-state index in [0.717, 1.165) is 12.0 Å². The van der Waals surface area contributed by atoms with Crippen molar-refractivity contribution in [2.75, 3.05) is 0 Å². The van der Waals surface area contributed by atoms with Crippen molar-refractivity contribution in [2.24, 2.45) is 0 Å². The summed E-state index contributed by atoms with van der Waals surface area (Å²) in [4.78, 5) is 12.3. The molecular formula is C16H18O. The maximum absolute atomic E-state index is 12.3. The van der Waals surface area contributed by atoms with Crippen molar-refractivity contribution in [1.82, 2.24) is 0 Å². The van der Waals surface area contributed by atoms with Crippen LogP contribution in [0, 0.1) is 6.92 Å². The standard InChI is InChI=1S/C16H18O/c1-3-15(17)16(11-5-4-6-12-16)14-9-7-13(2)8-10-14/h4-11H,3,12H2,1-2H3. The van der Waals surface area contributed by atoms with E-state index in [1.54, 1.807) is 0 Å². The number of allylic oxidation sites excluding steroid dienone is 4. The highest BCUT2D eigenvalue weighted by molar-refractivity contribution is 5.92. The average molecular weight is 226 g/mol. The number of carbonyl (C=O) groups is 1. The highest BCUT2D eigenvalue weighted by atomic mass is 16.1. The second-order valence-corrected chi connectivity index (χ2v) is 4.61. The molecule has 0 aromatic heterocycles. The van der Waals surface area contributed by atoms with Crippen molar-refractivity contribution in [3.05, 3.63) is 59.7 Å². The fraction of sp³-hybridized carbons (Fsp3) is 0.312. The summed E-state index contributed by atoms with van der Waals surface area (Å²) in [6.07, 6.45) is 9.47. The molecule has 1 heteroatoms. The molecule has 0 spiro atoms. The Balaban J connectivity index is 2.47. The first kappa shape index (κ1) is 11.8. The number of carbonyl (C=O) groups excluding carboxylic acids is 1. The van der Waals surface area contributed by atoms with Gasteiger partial charge in [0.15, 0.2) is 0 Å². The lowest BCUT2D eigenvalue weighted by atomic mass is 9.71. The number of rotatable bonds is 3. The first-order valence-corrected chi connectivity index (χ1v) is 6.14. The molecule has 1 aromatic rings. The van der Waals surface area contributed by atoms with Gasteiger partial charge in [-0.05, 0) is 18.9 Å². The van der Waals surface area contributed by atoms with Crippen LogP contribution in [0.25, 0.3) is 0 Å². The predicted molar refractivity (Wildman–Crippen MR) is 71.1 cm³/mol. The predicted octanol–water partition coefficient (Wildman–Crippen LogP) is 3.73. The van der Waals surface area contributed by atoms with Crippen LogP contribution in [0.1, 0.15) is 30.9 Å². The molecule has 0 bridgehead atoms. The smallest absolute Gasteiger partial charge is 0.147 e. The third-order valence-electron chi connectivity index (χ3n) is 3.45. The molecule has 17 heavy (non-hydrogen) atoms. The fourth-order valence-corrected chi connectivity index (χ4v) is 2.37. The quantitative estimate of drug-likeness (QED) is 0.767. The van der Waals surface area contributed by atoms with Crippen LogP contribution in [0.3, 0.4) is 0 Å². The molecule has 1 nitrogen and oxygen atoms in total. The Kier molecular flexibility index (Phi) is 3.28. The van der Waals surface area contributed by atoms with E-state index in [2.05, 4.69) is 37.3 Å². The molecule has 1 aliphatic carbocycles. The fourth-order valence-electron chi connectivity index (χ4n) is 2.37. The van der Waals surface area contributed by atoms with Crippen LogP contribution in [0.15, 0.2) is 48.6 Å². The summed E-state index contributed by atoms with van der Waals surface area (Å²) >= 11 is 0. The summed E-state index contributed by atoms with van der Waals surface area (Å²) in [6, 6.07) is 8.30. The molecule has 0 saturated carbocycles. The molecular weight excluding hydrogens is 208 g/mol. The molecule has 0 radical (unpaired) electrons. The van der Waals surface area contributed by atoms with Crippen molar-refractivity contribution in [1.29, 1.82) is 0 Å². The molecule has 0 fully saturated rings. The summed E-state index contributed by atoms with van der Waals surface area (Å²) in [5, 5.41) is 0. The van der Waals surface area contributed by atoms with Crippen LogP contribution >= 0.6 is 0 Å². The van der Waals surface area contributed by atoms with Gasteiger partial charge in [-0.2, -0.15) is 0 Å². The highest BCUT2D eigenvalue weighted by Crippen LogP contribution is 2.34. The van der Waals surface area contributed by atoms with Gasteiger partial charge >= 0.3 is 0 Å². The number of aryl methyl sites for hydroxylation is 1. The molecule has 0 amide bonds. The minimum Gasteiger partial charge on any atom is -0.298 e. The second-order valence-electron chi connectivity index (χ2n) is 4.61. The summed E-state index contributed by atoms with van der Waals surface area (Å²) in [5.41, 5.74) is 1.90. The summed E-state index contributed by atoms with van der Waals surface area (Å²) in [7, 11) is 0. The zero-order valence-electron chi connectivity index (χ0n) is 10.4. The normalized spacial score (nSPS) is 22.7. The van der Waals surface area contributed by atoms with Crippen LogP contribution in [-0.2, 0) is 10.2 Å². The van der Waals surface area contributed by atoms with Crippen molar-refractivity contribution in [2.45, 2.75) is 32.1 Å². The van der Waals surface area contributed by atoms with Crippen molar-refractivity contribution < 1.29 is 4.79 Å². The number of Topliss-reactive ketones (excluding diaryl/α,β-unsaturated/α-hetero) is 1. The molecule has 0 N–H and O–H groups in total. The topological polar surface area (TPSA) is 17.1 Å². The van der Waals surface area contributed by atoms with E-state index in [4.69, 9.17) is 0 Å². The van der Waals surface area contributed by atoms with E-state index in [1.165, 1.54) is 5.56 Å². The maximum atomic E-state index is 12.3. The molecule has 88 valence electrons. The first-order valence-electron chi connectivity index (χ1n) is 6.14. The van der Waals surface area contributed by atoms with E-state index in [1.807, 2.05) is 25.2 Å². The SMILES string of the molecule is CCC(=O)C1(c2ccc(C)cc2)C=CC=CC1. The summed E-state index contributed by atoms with van der Waals surface area (Å²) < 4.78 is 0. The third-order valence-corrected chi connectivity index (χ3v) is 3.45. The van der Waals surface area contributed by atoms with Crippen molar-refractivity contribution in [3.8, 4) is 0 Å². The van der Waals surface area contributed by atoms with Gasteiger partial charge < -0.3 is 0 Å². The minimum atomic E-state index is -0.433. The minimum absolute atomic E-state index is 0.293. The van der Waals surface area contributed by atoms with Gasteiger partial charge in [-0.25, -0.2) is 0 Å². The zero-order chi connectivity index (χ0) is 12.3. The molecule has 0 heterocycles. The van der Waals surface area contributed by atoms with E-state index in [9.17, 15) is 4.79 Å². The highest BCUT2D eigenvalue weighted by Gasteiger charge is 2.35. The Morgan fingerprint density at radius 1 is 1.24 bits per heavy atom. The van der Waals surface area contributed by atoms with Crippen LogP contribution in [0.2, 0.25) is 0 Å². The van der Waals surface area contributed by atoms with Gasteiger partial charge in [0, 0.05) is 6.42 Å². The van der Waals surface area contributed by atoms with Gasteiger partial charge in [0.1, 0.15) is 5.78 Å². The Morgan fingerprint density at radius 2 is 1.94 bits per heavy atom. The largest absolute Gasteiger partial charge is 0.298 e. The van der Waals surface area contributed by atoms with Crippen LogP contribution in [0.4, 0.5) is 0 Å². The number of hydrogen-bond acceptors (Lipinski definition) is 1.